The van der Waals surface area contributed by atoms with Crippen molar-refractivity contribution in [3.05, 3.63) is 85.7 Å². The molecular formula is C20H14N8O5. The van der Waals surface area contributed by atoms with Gasteiger partial charge in [-0.05, 0) is 28.1 Å². The van der Waals surface area contributed by atoms with Gasteiger partial charge in [-0.1, -0.05) is 29.4 Å². The lowest BCUT2D eigenvalue weighted by atomic mass is 9.92. The van der Waals surface area contributed by atoms with E-state index in [9.17, 15) is 19.7 Å². The van der Waals surface area contributed by atoms with Gasteiger partial charge in [-0.15, -0.1) is 0 Å². The molecule has 1 atom stereocenters. The van der Waals surface area contributed by atoms with Crippen molar-refractivity contribution in [2.45, 2.75) is 6.04 Å². The van der Waals surface area contributed by atoms with Crippen LogP contribution in [0.25, 0.3) is 11.3 Å². The van der Waals surface area contributed by atoms with Crippen LogP contribution in [0.2, 0.25) is 0 Å². The van der Waals surface area contributed by atoms with Crippen molar-refractivity contribution in [1.82, 2.24) is 30.4 Å². The number of non-ortho nitro benzene ring substituents is 1. The smallest absolute Gasteiger partial charge is 0.337 e. The van der Waals surface area contributed by atoms with Gasteiger partial charge in [0.25, 0.3) is 11.2 Å². The number of aromatic amines is 1. The number of tetrazole rings is 1. The fraction of sp³-hybridized carbons (Fsp3) is 0.100. The maximum absolute atomic E-state index is 12.7. The van der Waals surface area contributed by atoms with E-state index < -0.39 is 22.5 Å². The highest BCUT2D eigenvalue weighted by Gasteiger charge is 2.34. The van der Waals surface area contributed by atoms with E-state index in [0.717, 1.165) is 0 Å². The van der Waals surface area contributed by atoms with Crippen molar-refractivity contribution < 1.29 is 14.5 Å². The van der Waals surface area contributed by atoms with Crippen LogP contribution in [0.4, 0.5) is 17.3 Å². The number of esters is 1. The highest BCUT2D eigenvalue weighted by Crippen LogP contribution is 2.41. The third-order valence-electron chi connectivity index (χ3n) is 5.25. The molecule has 2 aromatic heterocycles. The lowest BCUT2D eigenvalue weighted by Crippen LogP contribution is -2.29. The number of benzene rings is 2. The summed E-state index contributed by atoms with van der Waals surface area (Å²) in [4.78, 5) is 35.3. The number of H-pyrrole nitrogens is 1. The minimum absolute atomic E-state index is 0.125. The number of nitro groups is 1. The maximum Gasteiger partial charge on any atom is 0.337 e. The van der Waals surface area contributed by atoms with Crippen LogP contribution in [0, 0.1) is 10.1 Å². The third-order valence-corrected chi connectivity index (χ3v) is 5.25. The van der Waals surface area contributed by atoms with Crippen molar-refractivity contribution in [2.75, 3.05) is 12.4 Å². The van der Waals surface area contributed by atoms with E-state index in [0.29, 0.717) is 27.9 Å². The normalized spacial score (nSPS) is 14.0. The quantitative estimate of drug-likeness (QED) is 0.236. The highest BCUT2D eigenvalue weighted by molar-refractivity contribution is 5.89. The number of anilines is 2. The number of nitro benzene ring substituents is 1. The van der Waals surface area contributed by atoms with Gasteiger partial charge in [-0.25, -0.2) is 9.89 Å². The van der Waals surface area contributed by atoms with Crippen LogP contribution in [0.3, 0.4) is 0 Å². The Bertz CT molecular complexity index is 1460. The van der Waals surface area contributed by atoms with Gasteiger partial charge in [0.15, 0.2) is 0 Å². The first kappa shape index (κ1) is 20.0. The number of carbonyl (C=O) groups excluding carboxylic acids is 1. The first-order valence-electron chi connectivity index (χ1n) is 9.58. The first-order chi connectivity index (χ1) is 16.0. The predicted molar refractivity (Wildman–Crippen MR) is 113 cm³/mol. The summed E-state index contributed by atoms with van der Waals surface area (Å²) < 4.78 is 6.22. The van der Waals surface area contributed by atoms with Gasteiger partial charge in [0.05, 0.1) is 23.3 Å². The molecule has 1 aliphatic heterocycles. The minimum atomic E-state index is -0.706. The molecule has 0 aliphatic carbocycles. The molecule has 0 spiro atoms. The summed E-state index contributed by atoms with van der Waals surface area (Å²) in [5.74, 6) is -0.267. The zero-order chi connectivity index (χ0) is 23.1. The Morgan fingerprint density at radius 1 is 1.21 bits per heavy atom. The second-order valence-corrected chi connectivity index (χ2v) is 7.09. The summed E-state index contributed by atoms with van der Waals surface area (Å²) in [6.07, 6.45) is 0. The number of hydrogen-bond donors (Lipinski definition) is 2. The molecule has 0 unspecified atom stereocenters. The van der Waals surface area contributed by atoms with Crippen LogP contribution in [0.15, 0.2) is 53.3 Å². The van der Waals surface area contributed by atoms with E-state index in [-0.39, 0.29) is 17.3 Å². The van der Waals surface area contributed by atoms with Crippen LogP contribution < -0.4 is 10.9 Å². The molecule has 2 aromatic carbocycles. The number of nitrogens with one attached hydrogen (secondary N) is 2. The average Bonchev–Trinajstić information content (AvgIpc) is 3.31. The Morgan fingerprint density at radius 2 is 2.00 bits per heavy atom. The highest BCUT2D eigenvalue weighted by atomic mass is 16.6. The van der Waals surface area contributed by atoms with Gasteiger partial charge in [0, 0.05) is 23.3 Å². The number of aromatic nitrogens is 6. The standard InChI is InChI=1S/C20H14N8O5/c1-33-19(30)11-7-5-10(6-8-11)17-14-15(12-3-2-4-13(9-12)28(31)32)22-23-18(29)16(14)21-20-24-25-26-27(17)20/h2-9,17H,1H3,(H,23,29)(H,21,24,26)/t17-/m1/s1. The Balaban J connectivity index is 1.74. The summed E-state index contributed by atoms with van der Waals surface area (Å²) in [5.41, 5.74) is 1.67. The number of fused-ring (bicyclic) bond motifs is 2. The predicted octanol–water partition coefficient (Wildman–Crippen LogP) is 1.81. The molecule has 2 N–H and O–H groups in total. The van der Waals surface area contributed by atoms with Gasteiger partial charge < -0.3 is 10.1 Å². The van der Waals surface area contributed by atoms with Crippen molar-refractivity contribution in [3.63, 3.8) is 0 Å². The summed E-state index contributed by atoms with van der Waals surface area (Å²) >= 11 is 0. The monoisotopic (exact) mass is 446 g/mol. The van der Waals surface area contributed by atoms with E-state index in [1.807, 2.05) is 0 Å². The largest absolute Gasteiger partial charge is 0.465 e. The van der Waals surface area contributed by atoms with Gasteiger partial charge >= 0.3 is 5.97 Å². The average molecular weight is 446 g/mol. The van der Waals surface area contributed by atoms with Gasteiger partial charge in [0.1, 0.15) is 11.7 Å². The summed E-state index contributed by atoms with van der Waals surface area (Å²) in [6.45, 7) is 0. The topological polar surface area (TPSA) is 171 Å². The molecule has 0 saturated carbocycles. The zero-order valence-corrected chi connectivity index (χ0v) is 16.9. The second-order valence-electron chi connectivity index (χ2n) is 7.09. The molecule has 0 amide bonds. The molecule has 4 aromatic rings. The Kier molecular flexibility index (Phi) is 4.63. The third kappa shape index (κ3) is 3.27. The van der Waals surface area contributed by atoms with Crippen LogP contribution in [-0.4, -0.2) is 48.4 Å². The van der Waals surface area contributed by atoms with Crippen molar-refractivity contribution in [3.8, 4) is 11.3 Å². The molecular weight excluding hydrogens is 432 g/mol. The number of hydrogen-bond acceptors (Lipinski definition) is 10. The van der Waals surface area contributed by atoms with E-state index >= 15 is 0 Å². The second kappa shape index (κ2) is 7.64. The number of carbonyl (C=O) groups is 1. The molecule has 0 saturated heterocycles. The molecule has 3 heterocycles. The SMILES string of the molecule is COC(=O)c1ccc([C@@H]2c3c(-c4cccc([N+](=O)[O-])c4)n[nH]c(=O)c3Nc3nnnn32)cc1. The van der Waals surface area contributed by atoms with Crippen LogP contribution >= 0.6 is 0 Å². The number of rotatable bonds is 4. The number of ether oxygens (including phenoxy) is 1. The molecule has 0 radical (unpaired) electrons. The Hall–Kier alpha value is -4.94. The van der Waals surface area contributed by atoms with Crippen LogP contribution in [-0.2, 0) is 4.74 Å². The summed E-state index contributed by atoms with van der Waals surface area (Å²) in [6, 6.07) is 11.8. The lowest BCUT2D eigenvalue weighted by molar-refractivity contribution is -0.384. The Labute approximate surface area is 184 Å². The molecule has 0 fully saturated rings. The minimum Gasteiger partial charge on any atom is -0.465 e. The van der Waals surface area contributed by atoms with Crippen molar-refractivity contribution in [1.29, 1.82) is 0 Å². The number of methoxy groups -OCH3 is 1. The summed E-state index contributed by atoms with van der Waals surface area (Å²) in [5, 5.41) is 32.5. The molecule has 5 rings (SSSR count). The van der Waals surface area contributed by atoms with Gasteiger partial charge in [-0.3, -0.25) is 14.9 Å². The van der Waals surface area contributed by atoms with Crippen LogP contribution in [0.1, 0.15) is 27.5 Å². The fourth-order valence-corrected chi connectivity index (χ4v) is 3.75. The number of nitrogens with zero attached hydrogens (tertiary/aromatic N) is 6. The Morgan fingerprint density at radius 3 is 2.73 bits per heavy atom. The van der Waals surface area contributed by atoms with E-state index in [4.69, 9.17) is 4.74 Å². The van der Waals surface area contributed by atoms with Gasteiger partial charge in [0.2, 0.25) is 5.95 Å². The van der Waals surface area contributed by atoms with Gasteiger partial charge in [-0.2, -0.15) is 9.78 Å². The molecule has 0 bridgehead atoms. The molecule has 13 nitrogen and oxygen atoms in total. The molecule has 1 aliphatic rings. The lowest BCUT2D eigenvalue weighted by Gasteiger charge is -2.27. The van der Waals surface area contributed by atoms with E-state index in [1.165, 1.54) is 30.0 Å². The zero-order valence-electron chi connectivity index (χ0n) is 16.9. The molecule has 33 heavy (non-hydrogen) atoms. The van der Waals surface area contributed by atoms with E-state index in [2.05, 4.69) is 31.0 Å². The van der Waals surface area contributed by atoms with Crippen LogP contribution in [0.5, 0.6) is 0 Å². The van der Waals surface area contributed by atoms with Crippen molar-refractivity contribution in [2.24, 2.45) is 0 Å². The van der Waals surface area contributed by atoms with Crippen molar-refractivity contribution >= 4 is 23.3 Å². The maximum atomic E-state index is 12.7. The molecule has 13 heteroatoms. The molecule has 164 valence electrons. The van der Waals surface area contributed by atoms with E-state index in [1.54, 1.807) is 30.3 Å². The fourth-order valence-electron chi connectivity index (χ4n) is 3.75. The summed E-state index contributed by atoms with van der Waals surface area (Å²) in [7, 11) is 1.29. The first-order valence-corrected chi connectivity index (χ1v) is 9.58.